The van der Waals surface area contributed by atoms with E-state index in [9.17, 15) is 0 Å². The molecule has 0 saturated heterocycles. The quantitative estimate of drug-likeness (QED) is 0.789. The standard InChI is InChI=1S/C16H23N3O/c1-13(2)16-14(11-17)12-18-19(16)9-6-10-20-15-7-4-3-5-8-15/h3-5,7-8,12-13H,6,9-11,17H2,1-2H3. The monoisotopic (exact) mass is 273 g/mol. The van der Waals surface area contributed by atoms with Gasteiger partial charge in [0, 0.05) is 30.8 Å². The number of nitrogens with two attached hydrogens (primary N) is 1. The number of rotatable bonds is 7. The zero-order chi connectivity index (χ0) is 14.4. The van der Waals surface area contributed by atoms with E-state index in [1.807, 2.05) is 36.5 Å². The molecule has 0 spiro atoms. The van der Waals surface area contributed by atoms with Crippen molar-refractivity contribution in [2.75, 3.05) is 6.61 Å². The fourth-order valence-electron chi connectivity index (χ4n) is 2.36. The fourth-order valence-corrected chi connectivity index (χ4v) is 2.36. The van der Waals surface area contributed by atoms with Crippen molar-refractivity contribution < 1.29 is 4.74 Å². The van der Waals surface area contributed by atoms with Gasteiger partial charge in [0.25, 0.3) is 0 Å². The van der Waals surface area contributed by atoms with Crippen molar-refractivity contribution in [3.8, 4) is 5.75 Å². The van der Waals surface area contributed by atoms with Gasteiger partial charge in [-0.1, -0.05) is 32.0 Å². The van der Waals surface area contributed by atoms with E-state index in [4.69, 9.17) is 10.5 Å². The third-order valence-electron chi connectivity index (χ3n) is 3.25. The van der Waals surface area contributed by atoms with Crippen molar-refractivity contribution in [1.82, 2.24) is 9.78 Å². The highest BCUT2D eigenvalue weighted by Crippen LogP contribution is 2.19. The first-order valence-electron chi connectivity index (χ1n) is 7.15. The maximum atomic E-state index is 5.75. The van der Waals surface area contributed by atoms with Gasteiger partial charge in [0.1, 0.15) is 5.75 Å². The lowest BCUT2D eigenvalue weighted by atomic mass is 10.1. The number of benzene rings is 1. The van der Waals surface area contributed by atoms with Crippen molar-refractivity contribution in [2.24, 2.45) is 5.73 Å². The molecule has 0 aliphatic carbocycles. The molecular weight excluding hydrogens is 250 g/mol. The molecule has 108 valence electrons. The van der Waals surface area contributed by atoms with Gasteiger partial charge in [-0.3, -0.25) is 4.68 Å². The Balaban J connectivity index is 1.87. The Bertz CT molecular complexity index is 520. The Kier molecular flexibility index (Phi) is 5.18. The average Bonchev–Trinajstić information content (AvgIpc) is 2.88. The van der Waals surface area contributed by atoms with E-state index in [0.29, 0.717) is 19.1 Å². The molecule has 0 fully saturated rings. The maximum absolute atomic E-state index is 5.75. The van der Waals surface area contributed by atoms with Crippen LogP contribution >= 0.6 is 0 Å². The van der Waals surface area contributed by atoms with Crippen LogP contribution in [0.3, 0.4) is 0 Å². The highest BCUT2D eigenvalue weighted by molar-refractivity contribution is 5.21. The molecular formula is C16H23N3O. The van der Waals surface area contributed by atoms with E-state index in [0.717, 1.165) is 24.3 Å². The minimum Gasteiger partial charge on any atom is -0.494 e. The molecule has 0 unspecified atom stereocenters. The second-order valence-electron chi connectivity index (χ2n) is 5.15. The van der Waals surface area contributed by atoms with Crippen LogP contribution in [0.5, 0.6) is 5.75 Å². The van der Waals surface area contributed by atoms with Gasteiger partial charge in [0.05, 0.1) is 12.8 Å². The molecule has 1 heterocycles. The lowest BCUT2D eigenvalue weighted by Gasteiger charge is -2.12. The summed E-state index contributed by atoms with van der Waals surface area (Å²) in [5.41, 5.74) is 8.14. The van der Waals surface area contributed by atoms with Crippen molar-refractivity contribution in [3.63, 3.8) is 0 Å². The minimum absolute atomic E-state index is 0.436. The normalized spacial score (nSPS) is 11.0. The number of hydrogen-bond acceptors (Lipinski definition) is 3. The van der Waals surface area contributed by atoms with Gasteiger partial charge in [-0.05, 0) is 18.1 Å². The molecule has 0 amide bonds. The van der Waals surface area contributed by atoms with Gasteiger partial charge < -0.3 is 10.5 Å². The summed E-state index contributed by atoms with van der Waals surface area (Å²) < 4.78 is 7.75. The lowest BCUT2D eigenvalue weighted by Crippen LogP contribution is -2.11. The molecule has 2 rings (SSSR count). The summed E-state index contributed by atoms with van der Waals surface area (Å²) in [5, 5.41) is 4.43. The molecule has 4 heteroatoms. The van der Waals surface area contributed by atoms with Crippen LogP contribution in [0.25, 0.3) is 0 Å². The lowest BCUT2D eigenvalue weighted by molar-refractivity contribution is 0.297. The molecule has 2 N–H and O–H groups in total. The van der Waals surface area contributed by atoms with Gasteiger partial charge in [0.2, 0.25) is 0 Å². The number of nitrogens with zero attached hydrogens (tertiary/aromatic N) is 2. The van der Waals surface area contributed by atoms with E-state index in [1.165, 1.54) is 5.69 Å². The molecule has 1 aromatic heterocycles. The molecule has 20 heavy (non-hydrogen) atoms. The molecule has 0 aliphatic heterocycles. The first kappa shape index (κ1) is 14.6. The van der Waals surface area contributed by atoms with Crippen molar-refractivity contribution in [1.29, 1.82) is 0 Å². The van der Waals surface area contributed by atoms with Crippen LogP contribution in [0.4, 0.5) is 0 Å². The van der Waals surface area contributed by atoms with Gasteiger partial charge in [-0.2, -0.15) is 5.10 Å². The van der Waals surface area contributed by atoms with Gasteiger partial charge in [0.15, 0.2) is 0 Å². The Morgan fingerprint density at radius 2 is 2.00 bits per heavy atom. The summed E-state index contributed by atoms with van der Waals surface area (Å²) in [4.78, 5) is 0. The zero-order valence-electron chi connectivity index (χ0n) is 12.2. The van der Waals surface area contributed by atoms with Crippen LogP contribution in [0.15, 0.2) is 36.5 Å². The second-order valence-corrected chi connectivity index (χ2v) is 5.15. The van der Waals surface area contributed by atoms with E-state index in [1.54, 1.807) is 0 Å². The zero-order valence-corrected chi connectivity index (χ0v) is 12.2. The molecule has 4 nitrogen and oxygen atoms in total. The van der Waals surface area contributed by atoms with E-state index in [-0.39, 0.29) is 0 Å². The van der Waals surface area contributed by atoms with Crippen LogP contribution in [0, 0.1) is 0 Å². The van der Waals surface area contributed by atoms with Crippen molar-refractivity contribution in [2.45, 2.75) is 39.3 Å². The third kappa shape index (κ3) is 3.61. The number of aryl methyl sites for hydroxylation is 1. The van der Waals surface area contributed by atoms with Crippen molar-refractivity contribution in [3.05, 3.63) is 47.8 Å². The minimum atomic E-state index is 0.436. The summed E-state index contributed by atoms with van der Waals surface area (Å²) in [6.07, 6.45) is 2.81. The SMILES string of the molecule is CC(C)c1c(CN)cnn1CCCOc1ccccc1. The van der Waals surface area contributed by atoms with Gasteiger partial charge in [-0.25, -0.2) is 0 Å². The van der Waals surface area contributed by atoms with E-state index >= 15 is 0 Å². The molecule has 0 saturated carbocycles. The Morgan fingerprint density at radius 1 is 1.25 bits per heavy atom. The highest BCUT2D eigenvalue weighted by Gasteiger charge is 2.12. The summed E-state index contributed by atoms with van der Waals surface area (Å²) in [7, 11) is 0. The van der Waals surface area contributed by atoms with Crippen LogP contribution in [0.1, 0.15) is 37.4 Å². The first-order valence-corrected chi connectivity index (χ1v) is 7.15. The third-order valence-corrected chi connectivity index (χ3v) is 3.25. The van der Waals surface area contributed by atoms with Crippen LogP contribution in [0.2, 0.25) is 0 Å². The number of ether oxygens (including phenoxy) is 1. The molecule has 0 aliphatic rings. The summed E-state index contributed by atoms with van der Waals surface area (Å²) in [5.74, 6) is 1.35. The van der Waals surface area contributed by atoms with Gasteiger partial charge in [-0.15, -0.1) is 0 Å². The summed E-state index contributed by atoms with van der Waals surface area (Å²) in [6, 6.07) is 9.89. The average molecular weight is 273 g/mol. The Hall–Kier alpha value is -1.81. The molecule has 0 radical (unpaired) electrons. The number of hydrogen-bond donors (Lipinski definition) is 1. The fraction of sp³-hybridized carbons (Fsp3) is 0.438. The highest BCUT2D eigenvalue weighted by atomic mass is 16.5. The Morgan fingerprint density at radius 3 is 2.65 bits per heavy atom. The number of aromatic nitrogens is 2. The van der Waals surface area contributed by atoms with Crippen LogP contribution in [-0.4, -0.2) is 16.4 Å². The molecule has 0 bridgehead atoms. The predicted molar refractivity (Wildman–Crippen MR) is 80.8 cm³/mol. The van der Waals surface area contributed by atoms with Crippen LogP contribution in [-0.2, 0) is 13.1 Å². The number of para-hydroxylation sites is 1. The maximum Gasteiger partial charge on any atom is 0.119 e. The summed E-state index contributed by atoms with van der Waals surface area (Å²) >= 11 is 0. The predicted octanol–water partition coefficient (Wildman–Crippen LogP) is 2.93. The van der Waals surface area contributed by atoms with E-state index in [2.05, 4.69) is 23.6 Å². The molecule has 0 atom stereocenters. The Labute approximate surface area is 120 Å². The smallest absolute Gasteiger partial charge is 0.119 e. The largest absolute Gasteiger partial charge is 0.494 e. The molecule has 1 aromatic carbocycles. The second kappa shape index (κ2) is 7.10. The first-order chi connectivity index (χ1) is 9.72. The van der Waals surface area contributed by atoms with Crippen LogP contribution < -0.4 is 10.5 Å². The van der Waals surface area contributed by atoms with E-state index < -0.39 is 0 Å². The van der Waals surface area contributed by atoms with Gasteiger partial charge >= 0.3 is 0 Å². The van der Waals surface area contributed by atoms with Crippen molar-refractivity contribution >= 4 is 0 Å². The molecule has 2 aromatic rings. The topological polar surface area (TPSA) is 53.1 Å². The summed E-state index contributed by atoms with van der Waals surface area (Å²) in [6.45, 7) is 6.45.